The van der Waals surface area contributed by atoms with Crippen molar-refractivity contribution in [1.29, 1.82) is 0 Å². The topological polar surface area (TPSA) is 89.6 Å². The van der Waals surface area contributed by atoms with Crippen molar-refractivity contribution in [3.63, 3.8) is 0 Å². The molecule has 4 aliphatic rings. The van der Waals surface area contributed by atoms with Crippen LogP contribution in [0.4, 0.5) is 0 Å². The largest absolute Gasteiger partial charge is 0.342 e. The number of aryl methyl sites for hydroxylation is 1. The van der Waals surface area contributed by atoms with Crippen molar-refractivity contribution in [2.24, 2.45) is 11.8 Å². The first-order chi connectivity index (χ1) is 14.6. The standard InChI is InChI=1S/C22H31N5O3/c28-19(7-6-15-11-23-24-12-15)26-13-16-10-17(14-26)21(22(30)25-8-1-2-9-25)27-18(16)4-3-5-20(27)29/h11-12,16-18,21H,1-10,13-14H2,(H,23,24)/t16-,17+,18+,21-/m1/s1. The van der Waals surface area contributed by atoms with E-state index in [9.17, 15) is 14.4 Å². The number of carbonyl (C=O) groups is 3. The first kappa shape index (κ1) is 19.6. The zero-order chi connectivity index (χ0) is 20.7. The smallest absolute Gasteiger partial charge is 0.245 e. The zero-order valence-corrected chi connectivity index (χ0v) is 17.5. The molecule has 5 heterocycles. The highest BCUT2D eigenvalue weighted by Crippen LogP contribution is 2.42. The molecule has 0 spiro atoms. The Morgan fingerprint density at radius 1 is 1.10 bits per heavy atom. The van der Waals surface area contributed by atoms with Crippen LogP contribution in [-0.4, -0.2) is 80.9 Å². The fourth-order valence-electron chi connectivity index (χ4n) is 6.13. The molecule has 8 heteroatoms. The Kier molecular flexibility index (Phi) is 5.25. The van der Waals surface area contributed by atoms with E-state index in [1.807, 2.05) is 20.9 Å². The number of nitrogens with one attached hydrogen (secondary N) is 1. The Bertz CT molecular complexity index is 804. The third kappa shape index (κ3) is 3.50. The predicted molar refractivity (Wildman–Crippen MR) is 109 cm³/mol. The van der Waals surface area contributed by atoms with E-state index in [0.29, 0.717) is 32.4 Å². The SMILES string of the molecule is O=C(CCc1cn[nH]c1)N1C[C@H]2C[C@@H](C1)[C@H](C(=O)N1CCCC1)N1C(=O)CCC[C@@H]21. The molecule has 4 atom stereocenters. The summed E-state index contributed by atoms with van der Waals surface area (Å²) < 4.78 is 0. The first-order valence-electron chi connectivity index (χ1n) is 11.5. The van der Waals surface area contributed by atoms with E-state index in [2.05, 4.69) is 10.2 Å². The lowest BCUT2D eigenvalue weighted by molar-refractivity contribution is -0.167. The summed E-state index contributed by atoms with van der Waals surface area (Å²) in [6, 6.07) is -0.287. The van der Waals surface area contributed by atoms with Gasteiger partial charge in [-0.2, -0.15) is 5.10 Å². The van der Waals surface area contributed by atoms with Crippen LogP contribution in [-0.2, 0) is 20.8 Å². The second-order valence-corrected chi connectivity index (χ2v) is 9.40. The number of hydrogen-bond acceptors (Lipinski definition) is 4. The van der Waals surface area contributed by atoms with Crippen LogP contribution in [0.25, 0.3) is 0 Å². The van der Waals surface area contributed by atoms with Crippen molar-refractivity contribution in [2.45, 2.75) is 63.5 Å². The molecule has 1 aromatic rings. The van der Waals surface area contributed by atoms with Crippen LogP contribution in [0.2, 0.25) is 0 Å². The third-order valence-corrected chi connectivity index (χ3v) is 7.55. The molecule has 0 unspecified atom stereocenters. The van der Waals surface area contributed by atoms with Gasteiger partial charge in [-0.25, -0.2) is 0 Å². The van der Waals surface area contributed by atoms with Crippen LogP contribution in [0.1, 0.15) is 50.5 Å². The van der Waals surface area contributed by atoms with Gasteiger partial charge < -0.3 is 14.7 Å². The lowest BCUT2D eigenvalue weighted by atomic mass is 9.71. The number of fused-ring (bicyclic) bond motifs is 4. The molecule has 30 heavy (non-hydrogen) atoms. The van der Waals surface area contributed by atoms with Crippen molar-refractivity contribution in [2.75, 3.05) is 26.2 Å². The molecule has 4 fully saturated rings. The fourth-order valence-corrected chi connectivity index (χ4v) is 6.13. The van der Waals surface area contributed by atoms with Gasteiger partial charge >= 0.3 is 0 Å². The van der Waals surface area contributed by atoms with Crippen molar-refractivity contribution in [1.82, 2.24) is 24.9 Å². The molecule has 5 rings (SSSR count). The first-order valence-corrected chi connectivity index (χ1v) is 11.5. The van der Waals surface area contributed by atoms with E-state index in [4.69, 9.17) is 0 Å². The van der Waals surface area contributed by atoms with Gasteiger partial charge in [0.25, 0.3) is 0 Å². The van der Waals surface area contributed by atoms with Crippen LogP contribution >= 0.6 is 0 Å². The second-order valence-electron chi connectivity index (χ2n) is 9.40. The molecule has 0 saturated carbocycles. The van der Waals surface area contributed by atoms with E-state index in [0.717, 1.165) is 50.8 Å². The van der Waals surface area contributed by atoms with Crippen molar-refractivity contribution in [3.05, 3.63) is 18.0 Å². The Labute approximate surface area is 177 Å². The molecule has 0 aliphatic carbocycles. The number of carbonyl (C=O) groups excluding carboxylic acids is 3. The van der Waals surface area contributed by atoms with Gasteiger partial charge in [-0.1, -0.05) is 0 Å². The van der Waals surface area contributed by atoms with Gasteiger partial charge in [0.05, 0.1) is 6.20 Å². The highest BCUT2D eigenvalue weighted by atomic mass is 16.2. The summed E-state index contributed by atoms with van der Waals surface area (Å²) in [4.78, 5) is 45.3. The fraction of sp³-hybridized carbons (Fsp3) is 0.727. The van der Waals surface area contributed by atoms with E-state index in [-0.39, 0.29) is 41.6 Å². The minimum Gasteiger partial charge on any atom is -0.342 e. The zero-order valence-electron chi connectivity index (χ0n) is 17.5. The average molecular weight is 414 g/mol. The number of likely N-dealkylation sites (tertiary alicyclic amines) is 2. The van der Waals surface area contributed by atoms with Crippen molar-refractivity contribution in [3.8, 4) is 0 Å². The number of nitrogens with zero attached hydrogens (tertiary/aromatic N) is 4. The monoisotopic (exact) mass is 413 g/mol. The van der Waals surface area contributed by atoms with Crippen LogP contribution in [0, 0.1) is 11.8 Å². The minimum atomic E-state index is -0.387. The van der Waals surface area contributed by atoms with Gasteiger partial charge in [-0.3, -0.25) is 19.5 Å². The van der Waals surface area contributed by atoms with E-state index in [1.54, 1.807) is 6.20 Å². The number of amides is 3. The maximum Gasteiger partial charge on any atom is 0.245 e. The van der Waals surface area contributed by atoms with Crippen LogP contribution in [0.15, 0.2) is 12.4 Å². The normalized spacial score (nSPS) is 31.1. The van der Waals surface area contributed by atoms with E-state index < -0.39 is 0 Å². The van der Waals surface area contributed by atoms with Gasteiger partial charge in [-0.05, 0) is 50.0 Å². The number of aromatic nitrogens is 2. The summed E-state index contributed by atoms with van der Waals surface area (Å²) in [6.45, 7) is 2.89. The highest BCUT2D eigenvalue weighted by molar-refractivity contribution is 5.89. The van der Waals surface area contributed by atoms with Crippen molar-refractivity contribution < 1.29 is 14.4 Å². The van der Waals surface area contributed by atoms with Gasteiger partial charge in [0.15, 0.2) is 0 Å². The molecule has 162 valence electrons. The van der Waals surface area contributed by atoms with Crippen LogP contribution in [0.3, 0.4) is 0 Å². The summed E-state index contributed by atoms with van der Waals surface area (Å²) in [7, 11) is 0. The Morgan fingerprint density at radius 3 is 2.67 bits per heavy atom. The Hall–Kier alpha value is -2.38. The Morgan fingerprint density at radius 2 is 1.90 bits per heavy atom. The number of piperidine rings is 3. The lowest BCUT2D eigenvalue weighted by Crippen LogP contribution is -2.68. The summed E-state index contributed by atoms with van der Waals surface area (Å²) in [5, 5.41) is 6.74. The lowest BCUT2D eigenvalue weighted by Gasteiger charge is -2.56. The molecule has 0 aromatic carbocycles. The molecule has 1 N–H and O–H groups in total. The van der Waals surface area contributed by atoms with Crippen LogP contribution in [0.5, 0.6) is 0 Å². The third-order valence-electron chi connectivity index (χ3n) is 7.55. The summed E-state index contributed by atoms with van der Waals surface area (Å²) in [5.74, 6) is 0.734. The molecule has 8 nitrogen and oxygen atoms in total. The molecule has 2 bridgehead atoms. The molecule has 4 aliphatic heterocycles. The molecular formula is C22H31N5O3. The molecule has 3 amide bonds. The summed E-state index contributed by atoms with van der Waals surface area (Å²) in [5.41, 5.74) is 1.03. The summed E-state index contributed by atoms with van der Waals surface area (Å²) >= 11 is 0. The Balaban J connectivity index is 1.35. The van der Waals surface area contributed by atoms with Gasteiger partial charge in [-0.15, -0.1) is 0 Å². The second kappa shape index (κ2) is 8.04. The molecule has 0 radical (unpaired) electrons. The molecule has 1 aromatic heterocycles. The quantitative estimate of drug-likeness (QED) is 0.803. The van der Waals surface area contributed by atoms with Crippen LogP contribution < -0.4 is 0 Å². The molecular weight excluding hydrogens is 382 g/mol. The predicted octanol–water partition coefficient (Wildman–Crippen LogP) is 1.19. The van der Waals surface area contributed by atoms with E-state index in [1.165, 1.54) is 0 Å². The van der Waals surface area contributed by atoms with Gasteiger partial charge in [0, 0.05) is 57.2 Å². The highest BCUT2D eigenvalue weighted by Gasteiger charge is 2.53. The maximum atomic E-state index is 13.5. The summed E-state index contributed by atoms with van der Waals surface area (Å²) in [6.07, 6.45) is 10.1. The number of rotatable bonds is 4. The minimum absolute atomic E-state index is 0.0491. The number of hydrogen-bond donors (Lipinski definition) is 1. The number of H-pyrrole nitrogens is 1. The average Bonchev–Trinajstić information content (AvgIpc) is 3.46. The van der Waals surface area contributed by atoms with Crippen molar-refractivity contribution >= 4 is 17.7 Å². The number of aromatic amines is 1. The molecule has 4 saturated heterocycles. The van der Waals surface area contributed by atoms with Gasteiger partial charge in [0.2, 0.25) is 17.7 Å². The van der Waals surface area contributed by atoms with E-state index >= 15 is 0 Å². The maximum absolute atomic E-state index is 13.5. The van der Waals surface area contributed by atoms with Gasteiger partial charge in [0.1, 0.15) is 6.04 Å².